The van der Waals surface area contributed by atoms with E-state index in [1.165, 1.54) is 56.5 Å². The number of thioether (sulfide) groups is 1. The highest BCUT2D eigenvalue weighted by molar-refractivity contribution is 7.99. The topological polar surface area (TPSA) is 32.3 Å². The molecular weight excluding hydrogens is 230 g/mol. The van der Waals surface area contributed by atoms with E-state index in [2.05, 4.69) is 24.0 Å². The van der Waals surface area contributed by atoms with Crippen LogP contribution in [-0.4, -0.2) is 34.8 Å². The maximum atomic E-state index is 9.80. The minimum absolute atomic E-state index is 0.0773. The van der Waals surface area contributed by atoms with Crippen LogP contribution in [0.2, 0.25) is 0 Å². The van der Waals surface area contributed by atoms with Crippen molar-refractivity contribution in [3.63, 3.8) is 0 Å². The van der Waals surface area contributed by atoms with Crippen molar-refractivity contribution < 1.29 is 5.11 Å². The molecule has 2 nitrogen and oxygen atoms in total. The lowest BCUT2D eigenvalue weighted by atomic mass is 9.85. The van der Waals surface area contributed by atoms with Gasteiger partial charge in [-0.25, -0.2) is 0 Å². The second kappa shape index (κ2) is 6.44. The van der Waals surface area contributed by atoms with Crippen molar-refractivity contribution in [1.29, 1.82) is 0 Å². The van der Waals surface area contributed by atoms with Gasteiger partial charge in [-0.1, -0.05) is 13.3 Å². The van der Waals surface area contributed by atoms with E-state index in [0.29, 0.717) is 18.6 Å². The maximum absolute atomic E-state index is 9.80. The highest BCUT2D eigenvalue weighted by atomic mass is 32.2. The van der Waals surface area contributed by atoms with Crippen LogP contribution in [0.15, 0.2) is 0 Å². The van der Waals surface area contributed by atoms with Crippen LogP contribution in [0.3, 0.4) is 0 Å². The summed E-state index contributed by atoms with van der Waals surface area (Å²) in [7, 11) is 0. The molecular formula is C14H27NOS. The van der Waals surface area contributed by atoms with E-state index in [0.717, 1.165) is 0 Å². The lowest BCUT2D eigenvalue weighted by molar-refractivity contribution is 0.120. The molecule has 0 spiro atoms. The fourth-order valence-corrected chi connectivity index (χ4v) is 4.06. The molecule has 2 rings (SSSR count). The van der Waals surface area contributed by atoms with Crippen molar-refractivity contribution in [3.8, 4) is 0 Å². The molecule has 0 aromatic carbocycles. The summed E-state index contributed by atoms with van der Waals surface area (Å²) in [4.78, 5) is 0. The standard InChI is InChI=1S/C14H27NOS/c1-2-9-17-10-7-12-4-3-8-14(12,11-16)15-13-5-6-13/h12-13,15-16H,2-11H2,1H3. The van der Waals surface area contributed by atoms with Crippen molar-refractivity contribution in [2.45, 2.75) is 63.5 Å². The Kier molecular flexibility index (Phi) is 5.19. The molecule has 0 bridgehead atoms. The Hall–Kier alpha value is 0.270. The summed E-state index contributed by atoms with van der Waals surface area (Å²) in [5, 5.41) is 13.5. The molecule has 2 saturated carbocycles. The number of rotatable bonds is 8. The first-order valence-corrected chi connectivity index (χ1v) is 8.42. The lowest BCUT2D eigenvalue weighted by Gasteiger charge is -2.35. The van der Waals surface area contributed by atoms with Crippen molar-refractivity contribution in [2.24, 2.45) is 5.92 Å². The zero-order valence-electron chi connectivity index (χ0n) is 11.1. The Morgan fingerprint density at radius 2 is 2.12 bits per heavy atom. The molecule has 2 N–H and O–H groups in total. The van der Waals surface area contributed by atoms with Crippen LogP contribution in [-0.2, 0) is 0 Å². The zero-order chi connectivity index (χ0) is 12.1. The molecule has 0 aromatic heterocycles. The SMILES string of the molecule is CCCSCCC1CCCC1(CO)NC1CC1. The molecule has 0 aliphatic heterocycles. The summed E-state index contributed by atoms with van der Waals surface area (Å²) in [6.45, 7) is 2.59. The average Bonchev–Trinajstić information content (AvgIpc) is 3.06. The second-order valence-corrected chi connectivity index (χ2v) is 6.95. The van der Waals surface area contributed by atoms with Crippen molar-refractivity contribution >= 4 is 11.8 Å². The third-order valence-electron chi connectivity index (χ3n) is 4.27. The molecule has 0 aromatic rings. The first-order chi connectivity index (χ1) is 8.30. The Morgan fingerprint density at radius 3 is 2.76 bits per heavy atom. The predicted octanol–water partition coefficient (Wildman–Crippen LogP) is 2.80. The molecule has 17 heavy (non-hydrogen) atoms. The predicted molar refractivity (Wildman–Crippen MR) is 75.5 cm³/mol. The quantitative estimate of drug-likeness (QED) is 0.656. The smallest absolute Gasteiger partial charge is 0.0616 e. The maximum Gasteiger partial charge on any atom is 0.0616 e. The molecule has 0 amide bonds. The number of aliphatic hydroxyl groups is 1. The van der Waals surface area contributed by atoms with E-state index in [1.54, 1.807) is 0 Å². The van der Waals surface area contributed by atoms with Crippen LogP contribution in [0.25, 0.3) is 0 Å². The highest BCUT2D eigenvalue weighted by Gasteiger charge is 2.44. The Bertz CT molecular complexity index is 232. The van der Waals surface area contributed by atoms with E-state index < -0.39 is 0 Å². The molecule has 2 fully saturated rings. The molecule has 0 radical (unpaired) electrons. The monoisotopic (exact) mass is 257 g/mol. The molecule has 0 saturated heterocycles. The van der Waals surface area contributed by atoms with E-state index in [4.69, 9.17) is 0 Å². The van der Waals surface area contributed by atoms with E-state index in [-0.39, 0.29) is 5.54 Å². The third kappa shape index (κ3) is 3.62. The van der Waals surface area contributed by atoms with Gasteiger partial charge in [-0.3, -0.25) is 0 Å². The number of aliphatic hydroxyl groups excluding tert-OH is 1. The van der Waals surface area contributed by atoms with E-state index >= 15 is 0 Å². The van der Waals surface area contributed by atoms with Crippen LogP contribution in [0.4, 0.5) is 0 Å². The lowest BCUT2D eigenvalue weighted by Crippen LogP contribution is -2.52. The first-order valence-electron chi connectivity index (χ1n) is 7.27. The van der Waals surface area contributed by atoms with Gasteiger partial charge in [0.1, 0.15) is 0 Å². The molecule has 2 atom stereocenters. The van der Waals surface area contributed by atoms with Gasteiger partial charge < -0.3 is 10.4 Å². The van der Waals surface area contributed by atoms with Crippen molar-refractivity contribution in [3.05, 3.63) is 0 Å². The summed E-state index contributed by atoms with van der Waals surface area (Å²) in [6.07, 6.45) is 8.99. The van der Waals surface area contributed by atoms with Crippen LogP contribution in [0.1, 0.15) is 51.9 Å². The minimum atomic E-state index is 0.0773. The first kappa shape index (κ1) is 13.7. The highest BCUT2D eigenvalue weighted by Crippen LogP contribution is 2.40. The molecule has 100 valence electrons. The Labute approximate surface area is 110 Å². The summed E-state index contributed by atoms with van der Waals surface area (Å²) in [5.74, 6) is 3.26. The van der Waals surface area contributed by atoms with Gasteiger partial charge in [0.25, 0.3) is 0 Å². The third-order valence-corrected chi connectivity index (χ3v) is 5.49. The molecule has 3 heteroatoms. The summed E-state index contributed by atoms with van der Waals surface area (Å²) in [6, 6.07) is 0.714. The molecule has 2 aliphatic rings. The molecule has 2 unspecified atom stereocenters. The number of nitrogens with one attached hydrogen (secondary N) is 1. The van der Waals surface area contributed by atoms with Gasteiger partial charge in [-0.15, -0.1) is 0 Å². The Balaban J connectivity index is 1.80. The van der Waals surface area contributed by atoms with Gasteiger partial charge in [0.2, 0.25) is 0 Å². The van der Waals surface area contributed by atoms with Crippen LogP contribution >= 0.6 is 11.8 Å². The molecule has 2 aliphatic carbocycles. The minimum Gasteiger partial charge on any atom is -0.394 e. The molecule has 0 heterocycles. The number of hydrogen-bond donors (Lipinski definition) is 2. The van der Waals surface area contributed by atoms with Gasteiger partial charge >= 0.3 is 0 Å². The van der Waals surface area contributed by atoms with Gasteiger partial charge in [0.05, 0.1) is 6.61 Å². The average molecular weight is 257 g/mol. The van der Waals surface area contributed by atoms with Gasteiger partial charge in [0.15, 0.2) is 0 Å². The Morgan fingerprint density at radius 1 is 1.29 bits per heavy atom. The second-order valence-electron chi connectivity index (χ2n) is 5.72. The van der Waals surface area contributed by atoms with Gasteiger partial charge in [-0.2, -0.15) is 11.8 Å². The van der Waals surface area contributed by atoms with Crippen molar-refractivity contribution in [1.82, 2.24) is 5.32 Å². The summed E-state index contributed by atoms with van der Waals surface area (Å²) in [5.41, 5.74) is 0.0773. The van der Waals surface area contributed by atoms with Gasteiger partial charge in [0, 0.05) is 11.6 Å². The normalized spacial score (nSPS) is 33.2. The zero-order valence-corrected chi connectivity index (χ0v) is 11.9. The summed E-state index contributed by atoms with van der Waals surface area (Å²) < 4.78 is 0. The summed E-state index contributed by atoms with van der Waals surface area (Å²) >= 11 is 2.08. The van der Waals surface area contributed by atoms with Crippen LogP contribution in [0.5, 0.6) is 0 Å². The van der Waals surface area contributed by atoms with Gasteiger partial charge in [-0.05, 0) is 55.9 Å². The number of hydrogen-bond acceptors (Lipinski definition) is 3. The van der Waals surface area contributed by atoms with Crippen LogP contribution < -0.4 is 5.32 Å². The largest absolute Gasteiger partial charge is 0.394 e. The van der Waals surface area contributed by atoms with E-state index in [1.807, 2.05) is 0 Å². The fourth-order valence-electron chi connectivity index (χ4n) is 3.11. The fraction of sp³-hybridized carbons (Fsp3) is 1.00. The van der Waals surface area contributed by atoms with E-state index in [9.17, 15) is 5.11 Å². The van der Waals surface area contributed by atoms with Crippen LogP contribution in [0, 0.1) is 5.92 Å². The van der Waals surface area contributed by atoms with Crippen molar-refractivity contribution in [2.75, 3.05) is 18.1 Å².